The highest BCUT2D eigenvalue weighted by Crippen LogP contribution is 1.94. The Hall–Kier alpha value is -1.04. The molecule has 0 fully saturated rings. The van der Waals surface area contributed by atoms with Crippen LogP contribution >= 0.6 is 0 Å². The van der Waals surface area contributed by atoms with Crippen molar-refractivity contribution in [3.8, 4) is 11.8 Å². The average molecular weight is 164 g/mol. The topological polar surface area (TPSA) is 52.0 Å². The van der Waals surface area contributed by atoms with Crippen molar-refractivity contribution in [1.82, 2.24) is 0 Å². The lowest BCUT2D eigenvalue weighted by molar-refractivity contribution is 0.752. The van der Waals surface area contributed by atoms with Gasteiger partial charge in [0.2, 0.25) is 0 Å². The quantitative estimate of drug-likeness (QED) is 0.477. The smallest absolute Gasteiger partial charge is 0.0671 e. The lowest BCUT2D eigenvalue weighted by Gasteiger charge is -1.98. The third-order valence-corrected chi connectivity index (χ3v) is 1.32. The molecule has 12 heavy (non-hydrogen) atoms. The standard InChI is InChI=1S/C10H16N2/c1-2-3-7-10(12)8-5-4-6-9-11/h2,4,6,10H,1,5,8-9,11-12H2/b6-4+. The number of hydrogen-bond acceptors (Lipinski definition) is 2. The highest BCUT2D eigenvalue weighted by molar-refractivity contribution is 5.16. The van der Waals surface area contributed by atoms with E-state index in [0.717, 1.165) is 12.8 Å². The summed E-state index contributed by atoms with van der Waals surface area (Å²) in [6.45, 7) is 4.07. The Bertz CT molecular complexity index is 196. The first-order chi connectivity index (χ1) is 5.81. The fourth-order valence-corrected chi connectivity index (χ4v) is 0.728. The van der Waals surface area contributed by atoms with Gasteiger partial charge in [0.25, 0.3) is 0 Å². The van der Waals surface area contributed by atoms with Crippen molar-refractivity contribution in [2.75, 3.05) is 6.54 Å². The maximum absolute atomic E-state index is 5.66. The van der Waals surface area contributed by atoms with E-state index >= 15 is 0 Å². The van der Waals surface area contributed by atoms with E-state index in [2.05, 4.69) is 18.4 Å². The van der Waals surface area contributed by atoms with Gasteiger partial charge in [-0.25, -0.2) is 0 Å². The molecule has 2 nitrogen and oxygen atoms in total. The summed E-state index contributed by atoms with van der Waals surface area (Å²) in [5.41, 5.74) is 10.9. The van der Waals surface area contributed by atoms with Gasteiger partial charge in [-0.2, -0.15) is 0 Å². The van der Waals surface area contributed by atoms with Crippen molar-refractivity contribution in [1.29, 1.82) is 0 Å². The number of rotatable bonds is 4. The summed E-state index contributed by atoms with van der Waals surface area (Å²) in [5, 5.41) is 0. The van der Waals surface area contributed by atoms with Crippen LogP contribution in [0, 0.1) is 11.8 Å². The molecule has 0 aromatic rings. The number of nitrogens with two attached hydrogens (primary N) is 2. The summed E-state index contributed by atoms with van der Waals surface area (Å²) in [6, 6.07) is -0.0505. The van der Waals surface area contributed by atoms with Gasteiger partial charge in [-0.05, 0) is 18.9 Å². The second kappa shape index (κ2) is 8.06. The highest BCUT2D eigenvalue weighted by Gasteiger charge is 1.92. The molecule has 0 aromatic carbocycles. The Labute approximate surface area is 74.3 Å². The SMILES string of the molecule is C=CC#CC(N)CC/C=C/CN. The van der Waals surface area contributed by atoms with Crippen LogP contribution in [0.1, 0.15) is 12.8 Å². The summed E-state index contributed by atoms with van der Waals surface area (Å²) in [7, 11) is 0. The molecule has 0 aliphatic heterocycles. The van der Waals surface area contributed by atoms with Crippen molar-refractivity contribution in [3.63, 3.8) is 0 Å². The van der Waals surface area contributed by atoms with E-state index in [9.17, 15) is 0 Å². The molecule has 1 unspecified atom stereocenters. The van der Waals surface area contributed by atoms with Crippen LogP contribution in [0.4, 0.5) is 0 Å². The zero-order valence-corrected chi connectivity index (χ0v) is 7.29. The third-order valence-electron chi connectivity index (χ3n) is 1.32. The molecular weight excluding hydrogens is 148 g/mol. The van der Waals surface area contributed by atoms with Gasteiger partial charge in [0.05, 0.1) is 6.04 Å². The van der Waals surface area contributed by atoms with Gasteiger partial charge in [-0.3, -0.25) is 0 Å². The zero-order chi connectivity index (χ0) is 9.23. The zero-order valence-electron chi connectivity index (χ0n) is 7.29. The summed E-state index contributed by atoms with van der Waals surface area (Å²) < 4.78 is 0. The van der Waals surface area contributed by atoms with Crippen LogP contribution in [0.2, 0.25) is 0 Å². The maximum Gasteiger partial charge on any atom is 0.0671 e. The van der Waals surface area contributed by atoms with Crippen LogP contribution in [0.3, 0.4) is 0 Å². The minimum Gasteiger partial charge on any atom is -0.327 e. The van der Waals surface area contributed by atoms with Gasteiger partial charge in [0.15, 0.2) is 0 Å². The molecule has 0 amide bonds. The second-order valence-electron chi connectivity index (χ2n) is 2.38. The first kappa shape index (κ1) is 11.0. The summed E-state index contributed by atoms with van der Waals surface area (Å²) in [5.74, 6) is 5.58. The Balaban J connectivity index is 3.49. The highest BCUT2D eigenvalue weighted by atomic mass is 14.6. The average Bonchev–Trinajstić information content (AvgIpc) is 2.09. The van der Waals surface area contributed by atoms with Crippen LogP contribution < -0.4 is 11.5 Å². The monoisotopic (exact) mass is 164 g/mol. The molecule has 0 spiro atoms. The van der Waals surface area contributed by atoms with E-state index in [1.165, 1.54) is 0 Å². The largest absolute Gasteiger partial charge is 0.327 e. The molecule has 0 rings (SSSR count). The molecule has 0 heterocycles. The molecule has 0 aliphatic carbocycles. The summed E-state index contributed by atoms with van der Waals surface area (Å²) in [4.78, 5) is 0. The van der Waals surface area contributed by atoms with Gasteiger partial charge < -0.3 is 11.5 Å². The lowest BCUT2D eigenvalue weighted by atomic mass is 10.1. The van der Waals surface area contributed by atoms with Crippen LogP contribution in [-0.2, 0) is 0 Å². The van der Waals surface area contributed by atoms with Crippen LogP contribution in [0.25, 0.3) is 0 Å². The van der Waals surface area contributed by atoms with Crippen LogP contribution in [-0.4, -0.2) is 12.6 Å². The van der Waals surface area contributed by atoms with Gasteiger partial charge >= 0.3 is 0 Å². The van der Waals surface area contributed by atoms with Crippen molar-refractivity contribution in [2.24, 2.45) is 11.5 Å². The van der Waals surface area contributed by atoms with Crippen molar-refractivity contribution < 1.29 is 0 Å². The Morgan fingerprint density at radius 2 is 2.17 bits per heavy atom. The van der Waals surface area contributed by atoms with Gasteiger partial charge in [-0.15, -0.1) is 0 Å². The summed E-state index contributed by atoms with van der Waals surface area (Å²) in [6.07, 6.45) is 7.31. The predicted molar refractivity (Wildman–Crippen MR) is 53.4 cm³/mol. The normalized spacial score (nSPS) is 12.2. The van der Waals surface area contributed by atoms with Gasteiger partial charge in [0.1, 0.15) is 0 Å². The Morgan fingerprint density at radius 3 is 2.75 bits per heavy atom. The molecule has 0 saturated heterocycles. The van der Waals surface area contributed by atoms with Gasteiger partial charge in [0, 0.05) is 6.54 Å². The van der Waals surface area contributed by atoms with Crippen molar-refractivity contribution in [3.05, 3.63) is 24.8 Å². The van der Waals surface area contributed by atoms with Crippen LogP contribution in [0.5, 0.6) is 0 Å². The third kappa shape index (κ3) is 7.07. The summed E-state index contributed by atoms with van der Waals surface area (Å²) >= 11 is 0. The molecular formula is C10H16N2. The minimum atomic E-state index is -0.0505. The lowest BCUT2D eigenvalue weighted by Crippen LogP contribution is -2.16. The van der Waals surface area contributed by atoms with E-state index in [4.69, 9.17) is 11.5 Å². The second-order valence-corrected chi connectivity index (χ2v) is 2.38. The predicted octanol–water partition coefficient (Wildman–Crippen LogP) is 0.798. The molecule has 0 saturated carbocycles. The molecule has 1 atom stereocenters. The van der Waals surface area contributed by atoms with E-state index < -0.39 is 0 Å². The minimum absolute atomic E-state index is 0.0505. The molecule has 0 bridgehead atoms. The maximum atomic E-state index is 5.66. The molecule has 0 aliphatic rings. The van der Waals surface area contributed by atoms with Crippen molar-refractivity contribution in [2.45, 2.75) is 18.9 Å². The number of allylic oxidation sites excluding steroid dienone is 2. The molecule has 4 N–H and O–H groups in total. The van der Waals surface area contributed by atoms with Crippen molar-refractivity contribution >= 4 is 0 Å². The first-order valence-corrected chi connectivity index (χ1v) is 4.04. The number of hydrogen-bond donors (Lipinski definition) is 2. The molecule has 0 radical (unpaired) electrons. The van der Waals surface area contributed by atoms with E-state index in [-0.39, 0.29) is 6.04 Å². The van der Waals surface area contributed by atoms with Crippen LogP contribution in [0.15, 0.2) is 24.8 Å². The molecule has 66 valence electrons. The first-order valence-electron chi connectivity index (χ1n) is 4.04. The fraction of sp³-hybridized carbons (Fsp3) is 0.400. The fourth-order valence-electron chi connectivity index (χ4n) is 0.728. The van der Waals surface area contributed by atoms with E-state index in [1.54, 1.807) is 6.08 Å². The Morgan fingerprint density at radius 1 is 1.42 bits per heavy atom. The molecule has 2 heteroatoms. The van der Waals surface area contributed by atoms with E-state index in [1.807, 2.05) is 12.2 Å². The van der Waals surface area contributed by atoms with Gasteiger partial charge in [-0.1, -0.05) is 30.6 Å². The van der Waals surface area contributed by atoms with E-state index in [0.29, 0.717) is 6.54 Å². The molecule has 0 aromatic heterocycles. The Kier molecular flexibility index (Phi) is 7.36.